The molecular formula is C25H45NO10. The van der Waals surface area contributed by atoms with Crippen LogP contribution in [0.5, 0.6) is 0 Å². The summed E-state index contributed by atoms with van der Waals surface area (Å²) in [4.78, 5) is 25.7. The Labute approximate surface area is 214 Å². The lowest BCUT2D eigenvalue weighted by molar-refractivity contribution is -0.169. The molecule has 0 saturated carbocycles. The number of nitrogens with zero attached hydrogens (tertiary/aromatic N) is 1. The standard InChI is InChI=1S/C25H45NO10/c1-25(2,3)36-24(28)26-9-7-21(8-10-26)35-22(27)20-32-17-16-30-13-12-29-14-15-31-18-19-34-23-6-4-5-11-33-23/h21,23H,4-20H2,1-3H3. The summed E-state index contributed by atoms with van der Waals surface area (Å²) in [5.41, 5.74) is -0.524. The number of esters is 1. The van der Waals surface area contributed by atoms with Crippen molar-refractivity contribution in [2.24, 2.45) is 0 Å². The van der Waals surface area contributed by atoms with E-state index in [0.29, 0.717) is 78.8 Å². The molecular weight excluding hydrogens is 474 g/mol. The van der Waals surface area contributed by atoms with Gasteiger partial charge in [0.2, 0.25) is 0 Å². The Hall–Kier alpha value is -1.50. The minimum Gasteiger partial charge on any atom is -0.461 e. The lowest BCUT2D eigenvalue weighted by Gasteiger charge is -2.33. The van der Waals surface area contributed by atoms with Crippen molar-refractivity contribution in [2.45, 2.75) is 70.9 Å². The van der Waals surface area contributed by atoms with Crippen molar-refractivity contribution in [2.75, 3.05) is 79.2 Å². The third kappa shape index (κ3) is 14.9. The van der Waals surface area contributed by atoms with Gasteiger partial charge in [0.05, 0.1) is 52.9 Å². The molecule has 210 valence electrons. The van der Waals surface area contributed by atoms with E-state index < -0.39 is 11.6 Å². The Bertz CT molecular complexity index is 598. The second-order valence-corrected chi connectivity index (χ2v) is 9.71. The van der Waals surface area contributed by atoms with Crippen LogP contribution in [0.25, 0.3) is 0 Å². The zero-order valence-corrected chi connectivity index (χ0v) is 22.2. The molecule has 11 nitrogen and oxygen atoms in total. The summed E-state index contributed by atoms with van der Waals surface area (Å²) in [6.45, 7) is 10.7. The van der Waals surface area contributed by atoms with Gasteiger partial charge in [0.25, 0.3) is 0 Å². The summed E-state index contributed by atoms with van der Waals surface area (Å²) < 4.78 is 43.5. The quantitative estimate of drug-likeness (QED) is 0.223. The van der Waals surface area contributed by atoms with Crippen molar-refractivity contribution in [1.82, 2.24) is 4.90 Å². The molecule has 2 aliphatic heterocycles. The molecule has 2 aliphatic rings. The van der Waals surface area contributed by atoms with Gasteiger partial charge in [-0.2, -0.15) is 0 Å². The number of amides is 1. The second kappa shape index (κ2) is 17.9. The van der Waals surface area contributed by atoms with Crippen LogP contribution >= 0.6 is 0 Å². The molecule has 1 amide bonds. The first-order valence-electron chi connectivity index (χ1n) is 13.0. The van der Waals surface area contributed by atoms with Crippen molar-refractivity contribution in [3.05, 3.63) is 0 Å². The zero-order chi connectivity index (χ0) is 26.1. The number of hydrogen-bond donors (Lipinski definition) is 0. The maximum atomic E-state index is 12.1. The lowest BCUT2D eigenvalue weighted by Crippen LogP contribution is -2.44. The molecule has 0 radical (unpaired) electrons. The minimum atomic E-state index is -0.524. The average Bonchev–Trinajstić information content (AvgIpc) is 2.84. The maximum Gasteiger partial charge on any atom is 0.410 e. The molecule has 0 bridgehead atoms. The molecule has 0 aromatic heterocycles. The van der Waals surface area contributed by atoms with E-state index in [9.17, 15) is 9.59 Å². The Morgan fingerprint density at radius 1 is 0.806 bits per heavy atom. The summed E-state index contributed by atoms with van der Waals surface area (Å²) in [5, 5.41) is 0. The fourth-order valence-electron chi connectivity index (χ4n) is 3.60. The van der Waals surface area contributed by atoms with Crippen LogP contribution in [0.1, 0.15) is 52.9 Å². The molecule has 0 aromatic carbocycles. The first-order chi connectivity index (χ1) is 17.3. The number of likely N-dealkylation sites (tertiary alicyclic amines) is 1. The van der Waals surface area contributed by atoms with Gasteiger partial charge in [0, 0.05) is 32.5 Å². The van der Waals surface area contributed by atoms with Gasteiger partial charge in [-0.3, -0.25) is 0 Å². The molecule has 2 saturated heterocycles. The number of ether oxygens (including phenoxy) is 8. The van der Waals surface area contributed by atoms with E-state index in [-0.39, 0.29) is 25.1 Å². The predicted octanol–water partition coefficient (Wildman–Crippen LogP) is 2.54. The van der Waals surface area contributed by atoms with Gasteiger partial charge in [-0.15, -0.1) is 0 Å². The van der Waals surface area contributed by atoms with E-state index >= 15 is 0 Å². The molecule has 11 heteroatoms. The number of hydrogen-bond acceptors (Lipinski definition) is 10. The maximum absolute atomic E-state index is 12.1. The number of carbonyl (C=O) groups excluding carboxylic acids is 2. The van der Waals surface area contributed by atoms with E-state index in [1.165, 1.54) is 0 Å². The molecule has 2 heterocycles. The Morgan fingerprint density at radius 2 is 1.39 bits per heavy atom. The van der Waals surface area contributed by atoms with Crippen molar-refractivity contribution in [3.63, 3.8) is 0 Å². The lowest BCUT2D eigenvalue weighted by atomic mass is 10.1. The zero-order valence-electron chi connectivity index (χ0n) is 22.2. The van der Waals surface area contributed by atoms with E-state index in [1.807, 2.05) is 20.8 Å². The van der Waals surface area contributed by atoms with Crippen molar-refractivity contribution < 1.29 is 47.5 Å². The fourth-order valence-corrected chi connectivity index (χ4v) is 3.60. The molecule has 2 rings (SSSR count). The van der Waals surface area contributed by atoms with Gasteiger partial charge in [-0.05, 0) is 40.0 Å². The van der Waals surface area contributed by atoms with Crippen LogP contribution in [0.3, 0.4) is 0 Å². The Morgan fingerprint density at radius 3 is 1.94 bits per heavy atom. The van der Waals surface area contributed by atoms with Crippen molar-refractivity contribution >= 4 is 12.1 Å². The smallest absolute Gasteiger partial charge is 0.410 e. The topological polar surface area (TPSA) is 111 Å². The summed E-state index contributed by atoms with van der Waals surface area (Å²) in [6.07, 6.45) is 3.76. The second-order valence-electron chi connectivity index (χ2n) is 9.71. The van der Waals surface area contributed by atoms with E-state index in [0.717, 1.165) is 25.9 Å². The molecule has 0 spiro atoms. The molecule has 2 fully saturated rings. The largest absolute Gasteiger partial charge is 0.461 e. The Balaban J connectivity index is 1.32. The van der Waals surface area contributed by atoms with Gasteiger partial charge in [-0.25, -0.2) is 9.59 Å². The van der Waals surface area contributed by atoms with Gasteiger partial charge in [0.1, 0.15) is 18.3 Å². The van der Waals surface area contributed by atoms with Gasteiger partial charge >= 0.3 is 12.1 Å². The molecule has 0 N–H and O–H groups in total. The van der Waals surface area contributed by atoms with Gasteiger partial charge in [0.15, 0.2) is 6.29 Å². The van der Waals surface area contributed by atoms with Crippen LogP contribution in [0.2, 0.25) is 0 Å². The molecule has 0 aromatic rings. The summed E-state index contributed by atoms with van der Waals surface area (Å²) in [5.74, 6) is -0.411. The third-order valence-electron chi connectivity index (χ3n) is 5.40. The first-order valence-corrected chi connectivity index (χ1v) is 13.0. The SMILES string of the molecule is CC(C)(C)OC(=O)N1CCC(OC(=O)COCCOCCOCCOCCOC2CCCCO2)CC1. The summed E-state index contributed by atoms with van der Waals surface area (Å²) in [7, 11) is 0. The molecule has 36 heavy (non-hydrogen) atoms. The number of rotatable bonds is 16. The van der Waals surface area contributed by atoms with Crippen molar-refractivity contribution in [3.8, 4) is 0 Å². The highest BCUT2D eigenvalue weighted by Gasteiger charge is 2.28. The van der Waals surface area contributed by atoms with Crippen LogP contribution in [-0.2, 0) is 42.7 Å². The molecule has 0 aliphatic carbocycles. The number of piperidine rings is 1. The monoisotopic (exact) mass is 519 g/mol. The number of carbonyl (C=O) groups is 2. The highest BCUT2D eigenvalue weighted by molar-refractivity contribution is 5.71. The van der Waals surface area contributed by atoms with Crippen LogP contribution in [0.4, 0.5) is 4.79 Å². The van der Waals surface area contributed by atoms with Gasteiger partial charge in [-0.1, -0.05) is 0 Å². The fraction of sp³-hybridized carbons (Fsp3) is 0.920. The first kappa shape index (κ1) is 30.7. The van der Waals surface area contributed by atoms with Crippen molar-refractivity contribution in [1.29, 1.82) is 0 Å². The van der Waals surface area contributed by atoms with Crippen LogP contribution in [0, 0.1) is 0 Å². The summed E-state index contributed by atoms with van der Waals surface area (Å²) >= 11 is 0. The van der Waals surface area contributed by atoms with Crippen LogP contribution in [0.15, 0.2) is 0 Å². The van der Waals surface area contributed by atoms with Crippen LogP contribution in [-0.4, -0.2) is 114 Å². The highest BCUT2D eigenvalue weighted by atomic mass is 16.7. The average molecular weight is 520 g/mol. The van der Waals surface area contributed by atoms with E-state index in [2.05, 4.69) is 0 Å². The third-order valence-corrected chi connectivity index (χ3v) is 5.40. The van der Waals surface area contributed by atoms with Crippen LogP contribution < -0.4 is 0 Å². The Kier molecular flexibility index (Phi) is 15.2. The highest BCUT2D eigenvalue weighted by Crippen LogP contribution is 2.17. The molecule has 1 atom stereocenters. The normalized spacial score (nSPS) is 19.3. The minimum absolute atomic E-state index is 0.0824. The van der Waals surface area contributed by atoms with E-state index in [1.54, 1.807) is 4.90 Å². The van der Waals surface area contributed by atoms with E-state index in [4.69, 9.17) is 37.9 Å². The summed E-state index contributed by atoms with van der Waals surface area (Å²) in [6, 6.07) is 0. The van der Waals surface area contributed by atoms with Gasteiger partial charge < -0.3 is 42.8 Å². The predicted molar refractivity (Wildman–Crippen MR) is 130 cm³/mol. The molecule has 1 unspecified atom stereocenters.